The fraction of sp³-hybridized carbons (Fsp3) is 0.438. The Morgan fingerprint density at radius 3 is 2.76 bits per heavy atom. The van der Waals surface area contributed by atoms with Crippen molar-refractivity contribution in [3.63, 3.8) is 0 Å². The lowest BCUT2D eigenvalue weighted by atomic mass is 9.94. The van der Waals surface area contributed by atoms with E-state index in [0.29, 0.717) is 6.54 Å². The number of nitrogens with zero attached hydrogens (tertiary/aromatic N) is 3. The molecule has 0 unspecified atom stereocenters. The van der Waals surface area contributed by atoms with Gasteiger partial charge in [-0.15, -0.1) is 0 Å². The minimum absolute atomic E-state index is 0.208. The van der Waals surface area contributed by atoms with Crippen LogP contribution in [0.25, 0.3) is 0 Å². The van der Waals surface area contributed by atoms with Crippen molar-refractivity contribution < 1.29 is 9.32 Å². The van der Waals surface area contributed by atoms with Crippen LogP contribution in [0.2, 0.25) is 0 Å². The highest BCUT2D eigenvalue weighted by atomic mass is 16.5. The molecule has 2 aromatic rings. The summed E-state index contributed by atoms with van der Waals surface area (Å²) in [5.74, 6) is 1.19. The molecular weight excluding hydrogens is 266 g/mol. The van der Waals surface area contributed by atoms with Crippen LogP contribution in [-0.2, 0) is 10.2 Å². The maximum Gasteiger partial charge on any atom is 0.233 e. The zero-order valence-corrected chi connectivity index (χ0v) is 11.7. The van der Waals surface area contributed by atoms with Crippen molar-refractivity contribution in [3.05, 3.63) is 48.1 Å². The summed E-state index contributed by atoms with van der Waals surface area (Å²) in [7, 11) is 0. The third-order valence-electron chi connectivity index (χ3n) is 4.70. The van der Waals surface area contributed by atoms with Gasteiger partial charge in [-0.25, -0.2) is 0 Å². The zero-order valence-electron chi connectivity index (χ0n) is 11.7. The Bertz CT molecular complexity index is 635. The average molecular weight is 283 g/mol. The van der Waals surface area contributed by atoms with Crippen LogP contribution >= 0.6 is 0 Å². The van der Waals surface area contributed by atoms with Crippen LogP contribution in [0.1, 0.15) is 36.6 Å². The molecule has 1 aromatic carbocycles. The molecule has 1 aliphatic carbocycles. The van der Waals surface area contributed by atoms with Gasteiger partial charge in [0.15, 0.2) is 5.82 Å². The van der Waals surface area contributed by atoms with Gasteiger partial charge in [-0.1, -0.05) is 35.5 Å². The molecule has 0 bridgehead atoms. The number of hydrogen-bond acceptors (Lipinski definition) is 4. The third-order valence-corrected chi connectivity index (χ3v) is 4.70. The molecule has 1 aliphatic heterocycles. The Morgan fingerprint density at radius 2 is 2.10 bits per heavy atom. The van der Waals surface area contributed by atoms with E-state index >= 15 is 0 Å². The van der Waals surface area contributed by atoms with Gasteiger partial charge < -0.3 is 9.42 Å². The number of amides is 1. The molecule has 2 aliphatic rings. The van der Waals surface area contributed by atoms with E-state index in [4.69, 9.17) is 4.52 Å². The first-order valence-corrected chi connectivity index (χ1v) is 7.41. The molecule has 0 radical (unpaired) electrons. The summed E-state index contributed by atoms with van der Waals surface area (Å²) in [6.45, 7) is 1.49. The van der Waals surface area contributed by atoms with Crippen molar-refractivity contribution in [2.45, 2.75) is 30.6 Å². The number of likely N-dealkylation sites (tertiary alicyclic amines) is 1. The van der Waals surface area contributed by atoms with Gasteiger partial charge in [-0.05, 0) is 24.8 Å². The smallest absolute Gasteiger partial charge is 0.233 e. The number of benzene rings is 1. The van der Waals surface area contributed by atoms with Crippen LogP contribution < -0.4 is 0 Å². The molecule has 21 heavy (non-hydrogen) atoms. The lowest BCUT2D eigenvalue weighted by Gasteiger charge is -2.23. The summed E-state index contributed by atoms with van der Waals surface area (Å²) in [5, 5.41) is 3.90. The molecule has 2 heterocycles. The van der Waals surface area contributed by atoms with Gasteiger partial charge in [0, 0.05) is 19.0 Å². The second-order valence-corrected chi connectivity index (χ2v) is 5.97. The standard InChI is InChI=1S/C16H17N3O2/c20-15(16(7-8-16)13-4-2-1-3-5-13)19-9-6-12(10-19)14-17-11-21-18-14/h1-5,11-12H,6-10H2/t12-/m0/s1. The summed E-state index contributed by atoms with van der Waals surface area (Å²) in [5.41, 5.74) is 0.881. The first-order valence-electron chi connectivity index (χ1n) is 7.41. The lowest BCUT2D eigenvalue weighted by molar-refractivity contribution is -0.132. The molecule has 0 spiro atoms. The zero-order chi connectivity index (χ0) is 14.3. The van der Waals surface area contributed by atoms with Crippen LogP contribution in [0, 0.1) is 0 Å². The molecule has 1 atom stereocenters. The molecular formula is C16H17N3O2. The van der Waals surface area contributed by atoms with Gasteiger partial charge in [-0.3, -0.25) is 4.79 Å². The maximum absolute atomic E-state index is 12.9. The summed E-state index contributed by atoms with van der Waals surface area (Å²) in [4.78, 5) is 19.0. The Labute approximate surface area is 123 Å². The van der Waals surface area contributed by atoms with Gasteiger partial charge in [0.1, 0.15) is 0 Å². The van der Waals surface area contributed by atoms with E-state index in [0.717, 1.165) is 37.2 Å². The topological polar surface area (TPSA) is 59.2 Å². The van der Waals surface area contributed by atoms with Crippen LogP contribution in [0.5, 0.6) is 0 Å². The van der Waals surface area contributed by atoms with E-state index in [1.165, 1.54) is 6.39 Å². The van der Waals surface area contributed by atoms with Gasteiger partial charge >= 0.3 is 0 Å². The molecule has 1 saturated carbocycles. The van der Waals surface area contributed by atoms with Crippen molar-refractivity contribution in [2.75, 3.05) is 13.1 Å². The van der Waals surface area contributed by atoms with Crippen molar-refractivity contribution in [3.8, 4) is 0 Å². The predicted molar refractivity (Wildman–Crippen MR) is 75.6 cm³/mol. The molecule has 108 valence electrons. The van der Waals surface area contributed by atoms with Crippen molar-refractivity contribution in [2.24, 2.45) is 0 Å². The maximum atomic E-state index is 12.9. The summed E-state index contributed by atoms with van der Waals surface area (Å²) in [6.07, 6.45) is 4.18. The first-order chi connectivity index (χ1) is 10.3. The first kappa shape index (κ1) is 12.6. The van der Waals surface area contributed by atoms with Crippen LogP contribution in [0.15, 0.2) is 41.2 Å². The van der Waals surface area contributed by atoms with Crippen LogP contribution in [0.3, 0.4) is 0 Å². The number of carbonyl (C=O) groups excluding carboxylic acids is 1. The Kier molecular flexibility index (Phi) is 2.80. The van der Waals surface area contributed by atoms with E-state index in [-0.39, 0.29) is 17.2 Å². The molecule has 0 N–H and O–H groups in total. The fourth-order valence-corrected chi connectivity index (χ4v) is 3.33. The summed E-state index contributed by atoms with van der Waals surface area (Å²) >= 11 is 0. The van der Waals surface area contributed by atoms with Gasteiger partial charge in [0.2, 0.25) is 12.3 Å². The average Bonchev–Trinajstić information content (AvgIpc) is 2.95. The van der Waals surface area contributed by atoms with Crippen molar-refractivity contribution >= 4 is 5.91 Å². The number of carbonyl (C=O) groups is 1. The Hall–Kier alpha value is -2.17. The fourth-order valence-electron chi connectivity index (χ4n) is 3.33. The highest BCUT2D eigenvalue weighted by Gasteiger charge is 2.53. The van der Waals surface area contributed by atoms with E-state index in [1.807, 2.05) is 23.1 Å². The molecule has 5 heteroatoms. The van der Waals surface area contributed by atoms with Gasteiger partial charge in [0.25, 0.3) is 0 Å². The quantitative estimate of drug-likeness (QED) is 0.865. The predicted octanol–water partition coefficient (Wildman–Crippen LogP) is 2.12. The normalized spacial score (nSPS) is 23.2. The molecule has 4 rings (SSSR count). The van der Waals surface area contributed by atoms with E-state index in [2.05, 4.69) is 22.3 Å². The van der Waals surface area contributed by atoms with Crippen LogP contribution in [0.4, 0.5) is 0 Å². The minimum atomic E-state index is -0.270. The second kappa shape index (κ2) is 4.69. The lowest BCUT2D eigenvalue weighted by Crippen LogP contribution is -2.37. The monoisotopic (exact) mass is 283 g/mol. The van der Waals surface area contributed by atoms with E-state index in [9.17, 15) is 4.79 Å². The SMILES string of the molecule is O=C(N1CC[C@H](c2ncon2)C1)C1(c2ccccc2)CC1. The van der Waals surface area contributed by atoms with E-state index < -0.39 is 0 Å². The molecule has 2 fully saturated rings. The van der Waals surface area contributed by atoms with Gasteiger partial charge in [0.05, 0.1) is 5.41 Å². The third kappa shape index (κ3) is 2.04. The Morgan fingerprint density at radius 1 is 1.29 bits per heavy atom. The molecule has 1 aromatic heterocycles. The summed E-state index contributed by atoms with van der Waals surface area (Å²) < 4.78 is 4.81. The molecule has 1 saturated heterocycles. The Balaban J connectivity index is 1.52. The van der Waals surface area contributed by atoms with Crippen molar-refractivity contribution in [1.82, 2.24) is 15.0 Å². The van der Waals surface area contributed by atoms with Crippen LogP contribution in [-0.4, -0.2) is 34.0 Å². The largest absolute Gasteiger partial charge is 0.343 e. The summed E-state index contributed by atoms with van der Waals surface area (Å²) in [6, 6.07) is 10.1. The minimum Gasteiger partial charge on any atom is -0.343 e. The van der Waals surface area contributed by atoms with Gasteiger partial charge in [-0.2, -0.15) is 4.98 Å². The highest BCUT2D eigenvalue weighted by Crippen LogP contribution is 2.50. The van der Waals surface area contributed by atoms with E-state index in [1.54, 1.807) is 0 Å². The van der Waals surface area contributed by atoms with Crippen molar-refractivity contribution in [1.29, 1.82) is 0 Å². The second-order valence-electron chi connectivity index (χ2n) is 5.97. The molecule has 1 amide bonds. The number of hydrogen-bond donors (Lipinski definition) is 0. The molecule has 5 nitrogen and oxygen atoms in total. The number of aromatic nitrogens is 2. The highest BCUT2D eigenvalue weighted by molar-refractivity contribution is 5.91. The number of rotatable bonds is 3.